The Balaban J connectivity index is 2.13. The van der Waals surface area contributed by atoms with Crippen molar-refractivity contribution in [2.24, 2.45) is 0 Å². The maximum Gasteiger partial charge on any atom is 0.414 e. The molecule has 1 aliphatic heterocycles. The molecule has 3 rings (SSSR count). The van der Waals surface area contributed by atoms with Crippen LogP contribution in [0.25, 0.3) is 6.08 Å². The molecule has 0 aromatic heterocycles. The van der Waals surface area contributed by atoms with Crippen molar-refractivity contribution < 1.29 is 24.2 Å². The fraction of sp³-hybridized carbons (Fsp3) is 0.200. The standard InChI is InChI=1S/C20H19NO5/c1-25-15-9-7-14(8-10-15)17(19(22)23)18-16-6-4-3-5-13(16)11-12-21(18)20(24)26-2/h3-12,17-18H,1-2H3,(H,22,23)/t17-,18-/m1/s1. The molecule has 1 amide bonds. The number of methoxy groups -OCH3 is 2. The van der Waals surface area contributed by atoms with Gasteiger partial charge in [0.25, 0.3) is 0 Å². The van der Waals surface area contributed by atoms with Gasteiger partial charge in [-0.05, 0) is 34.9 Å². The van der Waals surface area contributed by atoms with Crippen LogP contribution in [0.15, 0.2) is 54.7 Å². The van der Waals surface area contributed by atoms with Crippen LogP contribution in [0, 0.1) is 0 Å². The predicted molar refractivity (Wildman–Crippen MR) is 95.8 cm³/mol. The van der Waals surface area contributed by atoms with Crippen molar-refractivity contribution in [2.45, 2.75) is 12.0 Å². The van der Waals surface area contributed by atoms with Crippen LogP contribution >= 0.6 is 0 Å². The van der Waals surface area contributed by atoms with Crippen molar-refractivity contribution in [3.05, 3.63) is 71.4 Å². The maximum atomic E-state index is 12.3. The first-order valence-corrected chi connectivity index (χ1v) is 8.07. The molecule has 0 bridgehead atoms. The molecule has 1 aliphatic rings. The Morgan fingerprint density at radius 3 is 2.38 bits per heavy atom. The van der Waals surface area contributed by atoms with Gasteiger partial charge in [0.2, 0.25) is 0 Å². The van der Waals surface area contributed by atoms with E-state index in [0.29, 0.717) is 11.3 Å². The summed E-state index contributed by atoms with van der Waals surface area (Å²) in [5.41, 5.74) is 2.20. The number of ether oxygens (including phenoxy) is 2. The SMILES string of the molecule is COC(=O)N1C=Cc2ccccc2[C@@H]1[C@H](C(=O)O)c1ccc(OC)cc1. The Kier molecular flexibility index (Phi) is 4.93. The van der Waals surface area contributed by atoms with Gasteiger partial charge in [-0.3, -0.25) is 9.69 Å². The molecular weight excluding hydrogens is 334 g/mol. The molecule has 6 heteroatoms. The summed E-state index contributed by atoms with van der Waals surface area (Å²) in [6, 6.07) is 13.5. The van der Waals surface area contributed by atoms with Gasteiger partial charge >= 0.3 is 12.1 Å². The molecule has 0 aliphatic carbocycles. The van der Waals surface area contributed by atoms with Gasteiger partial charge in [-0.2, -0.15) is 0 Å². The Hall–Kier alpha value is -3.28. The zero-order valence-electron chi connectivity index (χ0n) is 14.5. The van der Waals surface area contributed by atoms with Crippen molar-refractivity contribution in [3.8, 4) is 5.75 Å². The number of carboxylic acid groups (broad SMARTS) is 1. The van der Waals surface area contributed by atoms with Crippen LogP contribution in [0.4, 0.5) is 4.79 Å². The fourth-order valence-electron chi connectivity index (χ4n) is 3.23. The van der Waals surface area contributed by atoms with Crippen LogP contribution in [0.2, 0.25) is 0 Å². The number of carboxylic acids is 1. The number of hydrogen-bond donors (Lipinski definition) is 1. The Morgan fingerprint density at radius 1 is 1.08 bits per heavy atom. The van der Waals surface area contributed by atoms with Gasteiger partial charge in [-0.15, -0.1) is 0 Å². The lowest BCUT2D eigenvalue weighted by atomic mass is 9.83. The number of carbonyl (C=O) groups is 2. The molecule has 0 unspecified atom stereocenters. The van der Waals surface area contributed by atoms with Crippen LogP contribution in [0.3, 0.4) is 0 Å². The summed E-state index contributed by atoms with van der Waals surface area (Å²) in [4.78, 5) is 25.8. The third kappa shape index (κ3) is 3.13. The quantitative estimate of drug-likeness (QED) is 0.908. The van der Waals surface area contributed by atoms with Crippen molar-refractivity contribution in [1.82, 2.24) is 4.90 Å². The molecule has 2 aromatic rings. The van der Waals surface area contributed by atoms with Gasteiger partial charge in [-0.25, -0.2) is 4.79 Å². The fourth-order valence-corrected chi connectivity index (χ4v) is 3.23. The molecule has 0 saturated carbocycles. The van der Waals surface area contributed by atoms with E-state index in [2.05, 4.69) is 0 Å². The molecule has 0 radical (unpaired) electrons. The largest absolute Gasteiger partial charge is 0.497 e. The second kappa shape index (κ2) is 7.31. The average molecular weight is 353 g/mol. The van der Waals surface area contributed by atoms with Gasteiger partial charge < -0.3 is 14.6 Å². The Bertz CT molecular complexity index is 844. The lowest BCUT2D eigenvalue weighted by Crippen LogP contribution is -2.38. The van der Waals surface area contributed by atoms with Crippen molar-refractivity contribution in [2.75, 3.05) is 14.2 Å². The van der Waals surface area contributed by atoms with Crippen LogP contribution in [-0.2, 0) is 9.53 Å². The van der Waals surface area contributed by atoms with E-state index < -0.39 is 24.0 Å². The molecule has 1 heterocycles. The summed E-state index contributed by atoms with van der Waals surface area (Å²) in [6.45, 7) is 0. The van der Waals surface area contributed by atoms with E-state index in [1.165, 1.54) is 12.0 Å². The number of fused-ring (bicyclic) bond motifs is 1. The van der Waals surface area contributed by atoms with Crippen molar-refractivity contribution in [3.63, 3.8) is 0 Å². The molecule has 134 valence electrons. The summed E-state index contributed by atoms with van der Waals surface area (Å²) in [6.07, 6.45) is 2.73. The Morgan fingerprint density at radius 2 is 1.77 bits per heavy atom. The van der Waals surface area contributed by atoms with Gasteiger partial charge in [0.05, 0.1) is 20.3 Å². The first-order valence-electron chi connectivity index (χ1n) is 8.07. The number of carbonyl (C=O) groups excluding carboxylic acids is 1. The molecule has 6 nitrogen and oxygen atoms in total. The second-order valence-electron chi connectivity index (χ2n) is 5.86. The van der Waals surface area contributed by atoms with E-state index in [1.807, 2.05) is 24.3 Å². The highest BCUT2D eigenvalue weighted by Crippen LogP contribution is 2.41. The summed E-state index contributed by atoms with van der Waals surface area (Å²) in [5.74, 6) is -1.36. The topological polar surface area (TPSA) is 76.1 Å². The first-order chi connectivity index (χ1) is 12.6. The maximum absolute atomic E-state index is 12.3. The zero-order chi connectivity index (χ0) is 18.7. The number of benzene rings is 2. The molecule has 0 spiro atoms. The number of amides is 1. The van der Waals surface area contributed by atoms with Gasteiger partial charge in [-0.1, -0.05) is 36.4 Å². The Labute approximate surface area is 151 Å². The lowest BCUT2D eigenvalue weighted by molar-refractivity contribution is -0.140. The number of hydrogen-bond acceptors (Lipinski definition) is 4. The minimum atomic E-state index is -1.03. The van der Waals surface area contributed by atoms with Gasteiger partial charge in [0.1, 0.15) is 11.7 Å². The van der Waals surface area contributed by atoms with E-state index >= 15 is 0 Å². The normalized spacial score (nSPS) is 16.5. The van der Waals surface area contributed by atoms with Crippen molar-refractivity contribution >= 4 is 18.1 Å². The van der Waals surface area contributed by atoms with Gasteiger partial charge in [0, 0.05) is 6.20 Å². The van der Waals surface area contributed by atoms with E-state index in [-0.39, 0.29) is 0 Å². The molecule has 0 saturated heterocycles. The van der Waals surface area contributed by atoms with E-state index in [4.69, 9.17) is 9.47 Å². The molecular formula is C20H19NO5. The summed E-state index contributed by atoms with van der Waals surface area (Å²) >= 11 is 0. The first kappa shape index (κ1) is 17.5. The van der Waals surface area contributed by atoms with Crippen LogP contribution < -0.4 is 4.74 Å². The number of rotatable bonds is 4. The lowest BCUT2D eigenvalue weighted by Gasteiger charge is -2.36. The predicted octanol–water partition coefficient (Wildman–Crippen LogP) is 3.66. The minimum Gasteiger partial charge on any atom is -0.497 e. The van der Waals surface area contributed by atoms with Gasteiger partial charge in [0.15, 0.2) is 0 Å². The van der Waals surface area contributed by atoms with E-state index in [0.717, 1.165) is 11.1 Å². The molecule has 0 fully saturated rings. The van der Waals surface area contributed by atoms with Crippen LogP contribution in [0.5, 0.6) is 5.75 Å². The summed E-state index contributed by atoms with van der Waals surface area (Å²) in [5, 5.41) is 9.97. The molecule has 26 heavy (non-hydrogen) atoms. The smallest absolute Gasteiger partial charge is 0.414 e. The third-order valence-corrected chi connectivity index (χ3v) is 4.47. The van der Waals surface area contributed by atoms with Crippen molar-refractivity contribution in [1.29, 1.82) is 0 Å². The molecule has 1 N–H and O–H groups in total. The number of aliphatic carboxylic acids is 1. The van der Waals surface area contributed by atoms with E-state index in [9.17, 15) is 14.7 Å². The van der Waals surface area contributed by atoms with Crippen LogP contribution in [0.1, 0.15) is 28.7 Å². The van der Waals surface area contributed by atoms with E-state index in [1.54, 1.807) is 43.7 Å². The number of nitrogens with zero attached hydrogens (tertiary/aromatic N) is 1. The minimum absolute atomic E-state index is 0.572. The highest BCUT2D eigenvalue weighted by molar-refractivity contribution is 5.81. The third-order valence-electron chi connectivity index (χ3n) is 4.47. The highest BCUT2D eigenvalue weighted by Gasteiger charge is 2.39. The molecule has 2 aromatic carbocycles. The van der Waals surface area contributed by atoms with Crippen LogP contribution in [-0.4, -0.2) is 36.3 Å². The average Bonchev–Trinajstić information content (AvgIpc) is 2.68. The highest BCUT2D eigenvalue weighted by atomic mass is 16.5. The zero-order valence-corrected chi connectivity index (χ0v) is 14.5. The molecule has 2 atom stereocenters. The summed E-state index contributed by atoms with van der Waals surface area (Å²) < 4.78 is 10.0. The second-order valence-corrected chi connectivity index (χ2v) is 5.86. The summed E-state index contributed by atoms with van der Waals surface area (Å²) in [7, 11) is 2.82. The monoisotopic (exact) mass is 353 g/mol.